The number of rotatable bonds is 7. The van der Waals surface area contributed by atoms with Crippen LogP contribution in [0.5, 0.6) is 0 Å². The minimum atomic E-state index is 0.853. The predicted octanol–water partition coefficient (Wildman–Crippen LogP) is 14.9. The molecule has 0 N–H and O–H groups in total. The van der Waals surface area contributed by atoms with Crippen molar-refractivity contribution in [3.8, 4) is 44.5 Å². The van der Waals surface area contributed by atoms with Gasteiger partial charge in [-0.1, -0.05) is 170 Å². The van der Waals surface area contributed by atoms with Gasteiger partial charge in [-0.3, -0.25) is 0 Å². The van der Waals surface area contributed by atoms with Crippen LogP contribution < -0.4 is 4.90 Å². The van der Waals surface area contributed by atoms with Crippen molar-refractivity contribution in [3.63, 3.8) is 0 Å². The van der Waals surface area contributed by atoms with Crippen LogP contribution in [0.3, 0.4) is 0 Å². The van der Waals surface area contributed by atoms with E-state index in [-0.39, 0.29) is 0 Å². The van der Waals surface area contributed by atoms with E-state index in [0.717, 1.165) is 55.7 Å². The molecule has 0 spiro atoms. The molecule has 0 aliphatic heterocycles. The summed E-state index contributed by atoms with van der Waals surface area (Å²) in [4.78, 5) is 2.38. The van der Waals surface area contributed by atoms with Crippen molar-refractivity contribution in [1.29, 1.82) is 0 Å². The van der Waals surface area contributed by atoms with E-state index in [0.29, 0.717) is 0 Å². The Kier molecular flexibility index (Phi) is 7.85. The Morgan fingerprint density at radius 1 is 0.333 bits per heavy atom. The molecular formula is C52H35NO. The standard InChI is InChI=1S/C52H35NO/c1-4-14-36(15-5-1)39-26-28-41(29-27-39)47-35-43-20-10-11-23-46(43)50-51-48(24-13-25-49(51)54-52(47)50)53(44-32-30-40(31-33-44)37-16-6-2-7-17-37)45-22-12-21-42(34-45)38-18-8-3-9-19-38/h1-35H. The third kappa shape index (κ3) is 5.62. The molecule has 0 unspecified atom stereocenters. The smallest absolute Gasteiger partial charge is 0.143 e. The molecule has 2 nitrogen and oxygen atoms in total. The van der Waals surface area contributed by atoms with E-state index in [1.807, 2.05) is 0 Å². The van der Waals surface area contributed by atoms with Crippen LogP contribution in [0.25, 0.3) is 77.2 Å². The van der Waals surface area contributed by atoms with Crippen molar-refractivity contribution in [2.24, 2.45) is 0 Å². The lowest BCUT2D eigenvalue weighted by Crippen LogP contribution is -2.10. The van der Waals surface area contributed by atoms with Crippen LogP contribution in [0.2, 0.25) is 0 Å². The molecule has 1 heterocycles. The highest BCUT2D eigenvalue weighted by Crippen LogP contribution is 2.48. The molecule has 254 valence electrons. The highest BCUT2D eigenvalue weighted by atomic mass is 16.3. The molecule has 0 aliphatic carbocycles. The molecule has 0 bridgehead atoms. The molecule has 0 saturated heterocycles. The summed E-state index contributed by atoms with van der Waals surface area (Å²) in [7, 11) is 0. The SMILES string of the molecule is c1ccc(-c2ccc(-c3cc4ccccc4c4c3oc3cccc(N(c5ccc(-c6ccccc6)cc5)c5cccc(-c6ccccc6)c5)c34)cc2)cc1. The lowest BCUT2D eigenvalue weighted by Gasteiger charge is -2.27. The van der Waals surface area contributed by atoms with Gasteiger partial charge in [0.25, 0.3) is 0 Å². The molecule has 1 aromatic heterocycles. The van der Waals surface area contributed by atoms with Crippen LogP contribution in [0.1, 0.15) is 0 Å². The molecule has 0 radical (unpaired) electrons. The van der Waals surface area contributed by atoms with E-state index < -0.39 is 0 Å². The second-order valence-electron chi connectivity index (χ2n) is 13.7. The number of benzene rings is 9. The summed E-state index contributed by atoms with van der Waals surface area (Å²) in [5, 5.41) is 4.55. The first kappa shape index (κ1) is 31.6. The van der Waals surface area contributed by atoms with E-state index in [4.69, 9.17) is 4.42 Å². The normalized spacial score (nSPS) is 11.3. The zero-order valence-corrected chi connectivity index (χ0v) is 29.6. The molecular weight excluding hydrogens is 655 g/mol. The van der Waals surface area contributed by atoms with Crippen molar-refractivity contribution in [2.75, 3.05) is 4.90 Å². The lowest BCUT2D eigenvalue weighted by molar-refractivity contribution is 0.670. The average molecular weight is 690 g/mol. The van der Waals surface area contributed by atoms with E-state index in [1.54, 1.807) is 0 Å². The van der Waals surface area contributed by atoms with Crippen LogP contribution in [-0.4, -0.2) is 0 Å². The minimum Gasteiger partial charge on any atom is -0.455 e. The number of anilines is 3. The third-order valence-corrected chi connectivity index (χ3v) is 10.5. The summed E-state index contributed by atoms with van der Waals surface area (Å²) >= 11 is 0. The maximum atomic E-state index is 6.97. The van der Waals surface area contributed by atoms with E-state index in [1.165, 1.54) is 38.6 Å². The number of furan rings is 1. The van der Waals surface area contributed by atoms with Gasteiger partial charge >= 0.3 is 0 Å². The lowest BCUT2D eigenvalue weighted by atomic mass is 9.94. The van der Waals surface area contributed by atoms with Gasteiger partial charge in [0, 0.05) is 22.3 Å². The van der Waals surface area contributed by atoms with Gasteiger partial charge in [-0.15, -0.1) is 0 Å². The van der Waals surface area contributed by atoms with Crippen LogP contribution >= 0.6 is 0 Å². The van der Waals surface area contributed by atoms with Gasteiger partial charge in [0.05, 0.1) is 11.1 Å². The van der Waals surface area contributed by atoms with Crippen molar-refractivity contribution >= 4 is 49.8 Å². The molecule has 54 heavy (non-hydrogen) atoms. The summed E-state index contributed by atoms with van der Waals surface area (Å²) in [6.45, 7) is 0. The van der Waals surface area contributed by atoms with Gasteiger partial charge in [0.15, 0.2) is 0 Å². The number of nitrogens with zero attached hydrogens (tertiary/aromatic N) is 1. The van der Waals surface area contributed by atoms with E-state index in [9.17, 15) is 0 Å². The summed E-state index contributed by atoms with van der Waals surface area (Å²) < 4.78 is 6.97. The van der Waals surface area contributed by atoms with Crippen molar-refractivity contribution in [2.45, 2.75) is 0 Å². The van der Waals surface area contributed by atoms with Crippen LogP contribution in [0, 0.1) is 0 Å². The number of hydrogen-bond donors (Lipinski definition) is 0. The molecule has 0 atom stereocenters. The Hall–Kier alpha value is -7.16. The predicted molar refractivity (Wildman–Crippen MR) is 228 cm³/mol. The van der Waals surface area contributed by atoms with Crippen molar-refractivity contribution in [1.82, 2.24) is 0 Å². The molecule has 10 aromatic rings. The first-order valence-corrected chi connectivity index (χ1v) is 18.4. The number of hydrogen-bond acceptors (Lipinski definition) is 2. The van der Waals surface area contributed by atoms with Gasteiger partial charge < -0.3 is 9.32 Å². The molecule has 9 aromatic carbocycles. The highest BCUT2D eigenvalue weighted by Gasteiger charge is 2.23. The quantitative estimate of drug-likeness (QED) is 0.166. The first-order chi connectivity index (χ1) is 26.8. The Morgan fingerprint density at radius 2 is 0.852 bits per heavy atom. The molecule has 0 amide bonds. The zero-order valence-electron chi connectivity index (χ0n) is 29.6. The molecule has 0 aliphatic rings. The van der Waals surface area contributed by atoms with Gasteiger partial charge in [0.1, 0.15) is 11.2 Å². The van der Waals surface area contributed by atoms with Gasteiger partial charge in [-0.25, -0.2) is 0 Å². The topological polar surface area (TPSA) is 16.4 Å². The largest absolute Gasteiger partial charge is 0.455 e. The summed E-state index contributed by atoms with van der Waals surface area (Å²) in [6, 6.07) is 75.7. The van der Waals surface area contributed by atoms with Gasteiger partial charge in [-0.05, 0) is 92.2 Å². The number of fused-ring (bicyclic) bond motifs is 5. The van der Waals surface area contributed by atoms with Gasteiger partial charge in [-0.2, -0.15) is 0 Å². The maximum absolute atomic E-state index is 6.97. The van der Waals surface area contributed by atoms with E-state index in [2.05, 4.69) is 217 Å². The Balaban J connectivity index is 1.21. The first-order valence-electron chi connectivity index (χ1n) is 18.4. The Bertz CT molecular complexity index is 2890. The molecule has 0 fully saturated rings. The van der Waals surface area contributed by atoms with E-state index >= 15 is 0 Å². The molecule has 0 saturated carbocycles. The maximum Gasteiger partial charge on any atom is 0.143 e. The summed E-state index contributed by atoms with van der Waals surface area (Å²) in [5.74, 6) is 0. The summed E-state index contributed by atoms with van der Waals surface area (Å²) in [6.07, 6.45) is 0. The zero-order chi connectivity index (χ0) is 35.8. The second kappa shape index (κ2) is 13.4. The fraction of sp³-hybridized carbons (Fsp3) is 0. The average Bonchev–Trinajstić information content (AvgIpc) is 3.66. The third-order valence-electron chi connectivity index (χ3n) is 10.5. The van der Waals surface area contributed by atoms with Crippen LogP contribution in [-0.2, 0) is 0 Å². The molecule has 10 rings (SSSR count). The minimum absolute atomic E-state index is 0.853. The second-order valence-corrected chi connectivity index (χ2v) is 13.7. The fourth-order valence-electron chi connectivity index (χ4n) is 7.84. The Morgan fingerprint density at radius 3 is 1.52 bits per heavy atom. The van der Waals surface area contributed by atoms with Crippen LogP contribution in [0.15, 0.2) is 217 Å². The van der Waals surface area contributed by atoms with Crippen molar-refractivity contribution in [3.05, 3.63) is 212 Å². The van der Waals surface area contributed by atoms with Gasteiger partial charge in [0.2, 0.25) is 0 Å². The summed E-state index contributed by atoms with van der Waals surface area (Å²) in [5.41, 5.74) is 14.3. The fourth-order valence-corrected chi connectivity index (χ4v) is 7.84. The van der Waals surface area contributed by atoms with Crippen LogP contribution in [0.4, 0.5) is 17.1 Å². The van der Waals surface area contributed by atoms with Crippen molar-refractivity contribution < 1.29 is 4.42 Å². The monoisotopic (exact) mass is 689 g/mol. The molecule has 2 heteroatoms. The highest BCUT2D eigenvalue weighted by molar-refractivity contribution is 6.26. The Labute approximate surface area is 314 Å².